The van der Waals surface area contributed by atoms with Crippen molar-refractivity contribution in [2.24, 2.45) is 11.3 Å². The number of hydrogen-bond acceptors (Lipinski definition) is 13. The van der Waals surface area contributed by atoms with E-state index in [9.17, 15) is 37.1 Å². The largest absolute Gasteiger partial charge is 0.391 e. The fourth-order valence-electron chi connectivity index (χ4n) is 11.4. The number of amides is 3. The number of thiazole rings is 1. The second-order valence-corrected chi connectivity index (χ2v) is 25.3. The number of anilines is 2. The zero-order valence-corrected chi connectivity index (χ0v) is 47.4. The predicted molar refractivity (Wildman–Crippen MR) is 304 cm³/mol. The standard InChI is InChI=1S/C58H68F3N11O7S2/c1-35-53(80-34-65-35)39-7-5-36(6-8-39)27-64-56(76)48-26-43(73)32-72(48)57(77)54(58(2,3)4)66-49(74)33-68-18-15-37(16-19-68)30-69-21-23-70(24-22-69)42-11-9-38(10-12-42)40-25-44-45(29-63-55(44)62-28-40)52(75)50-46(60)13-14-47(51(50)61)67-81(78,79)71-20-17-41(59)31-71/h5-14,25,28-29,34,37,41,43,48,54,67,73H,15-24,26-27,30-33H2,1-4H3,(H,62,63)(H,64,76)(H,66,74)/t41?,43-,48+,54?/m1/s1. The molecule has 5 N–H and O–H groups in total. The van der Waals surface area contributed by atoms with Gasteiger partial charge in [-0.25, -0.2) is 23.1 Å². The van der Waals surface area contributed by atoms with Crippen molar-refractivity contribution >= 4 is 67.5 Å². The number of likely N-dealkylation sites (tertiary alicyclic amines) is 2. The number of H-pyrrole nitrogens is 1. The van der Waals surface area contributed by atoms with Gasteiger partial charge in [-0.15, -0.1) is 11.3 Å². The number of rotatable bonds is 17. The molecule has 3 aromatic carbocycles. The highest BCUT2D eigenvalue weighted by Crippen LogP contribution is 2.33. The molecule has 3 aromatic heterocycles. The third-order valence-electron chi connectivity index (χ3n) is 16.0. The van der Waals surface area contributed by atoms with E-state index < -0.39 is 81.1 Å². The van der Waals surface area contributed by atoms with Crippen molar-refractivity contribution in [2.45, 2.75) is 84.3 Å². The summed E-state index contributed by atoms with van der Waals surface area (Å²) in [4.78, 5) is 76.5. The van der Waals surface area contributed by atoms with Crippen molar-refractivity contribution in [3.8, 4) is 21.6 Å². The molecule has 3 amide bonds. The number of halogens is 3. The minimum absolute atomic E-state index is 0.000186. The second kappa shape index (κ2) is 24.0. The molecule has 4 saturated heterocycles. The number of carbonyl (C=O) groups is 4. The molecule has 7 heterocycles. The minimum atomic E-state index is -4.37. The SMILES string of the molecule is Cc1ncsc1-c1ccc(CNC(=O)[C@@H]2C[C@@H](O)CN2C(=O)C(NC(=O)CN2CCC(CN3CCN(c4ccc(-c5cnc6[nH]cc(C(=O)c7c(F)ccc(NS(=O)(=O)N8CCC(F)C8)c7F)c6c5)cc4)CC3)CC2)C(C)(C)C)cc1. The molecule has 6 aromatic rings. The summed E-state index contributed by atoms with van der Waals surface area (Å²) in [5.74, 6) is -4.13. The van der Waals surface area contributed by atoms with E-state index in [-0.39, 0.29) is 56.4 Å². The van der Waals surface area contributed by atoms with Gasteiger partial charge in [0.25, 0.3) is 0 Å². The zero-order chi connectivity index (χ0) is 57.3. The lowest BCUT2D eigenvalue weighted by Gasteiger charge is -2.40. The molecule has 10 rings (SSSR count). The number of aliphatic hydroxyl groups excluding tert-OH is 1. The second-order valence-electron chi connectivity index (χ2n) is 22.8. The molecule has 18 nitrogen and oxygen atoms in total. The van der Waals surface area contributed by atoms with E-state index in [0.29, 0.717) is 22.5 Å². The molecule has 0 bridgehead atoms. The Labute approximate surface area is 473 Å². The van der Waals surface area contributed by atoms with E-state index in [1.807, 2.05) is 86.5 Å². The van der Waals surface area contributed by atoms with Gasteiger partial charge in [0.2, 0.25) is 23.5 Å². The highest BCUT2D eigenvalue weighted by atomic mass is 32.2. The number of aliphatic hydroxyl groups is 1. The molecule has 4 aliphatic rings. The average molecular weight is 1150 g/mol. The van der Waals surface area contributed by atoms with Gasteiger partial charge in [0.1, 0.15) is 29.7 Å². The molecule has 4 atom stereocenters. The number of piperidine rings is 1. The number of β-amino-alcohol motifs (C(OH)–C–C–N with tert-alkyl or cyclic N) is 1. The van der Waals surface area contributed by atoms with Gasteiger partial charge >= 0.3 is 10.2 Å². The maximum Gasteiger partial charge on any atom is 0.301 e. The number of fused-ring (bicyclic) bond motifs is 1. The lowest BCUT2D eigenvalue weighted by molar-refractivity contribution is -0.144. The summed E-state index contributed by atoms with van der Waals surface area (Å²) in [5, 5.41) is 17.0. The molecule has 2 unspecified atom stereocenters. The number of ketones is 1. The maximum absolute atomic E-state index is 15.8. The topological polar surface area (TPSA) is 217 Å². The summed E-state index contributed by atoms with van der Waals surface area (Å²) in [6.45, 7) is 13.4. The Morgan fingerprint density at radius 3 is 2.25 bits per heavy atom. The van der Waals surface area contributed by atoms with Gasteiger partial charge in [0.15, 0.2) is 5.82 Å². The van der Waals surface area contributed by atoms with Crippen LogP contribution in [0.1, 0.15) is 73.6 Å². The third kappa shape index (κ3) is 13.0. The Kier molecular flexibility index (Phi) is 17.0. The van der Waals surface area contributed by atoms with Gasteiger partial charge in [0.05, 0.1) is 40.0 Å². The summed E-state index contributed by atoms with van der Waals surface area (Å²) in [5.41, 5.74) is 5.23. The Morgan fingerprint density at radius 1 is 0.864 bits per heavy atom. The Morgan fingerprint density at radius 2 is 1.58 bits per heavy atom. The molecule has 0 saturated carbocycles. The fraction of sp³-hybridized carbons (Fsp3) is 0.448. The van der Waals surface area contributed by atoms with E-state index in [4.69, 9.17) is 0 Å². The monoisotopic (exact) mass is 1150 g/mol. The van der Waals surface area contributed by atoms with Crippen molar-refractivity contribution in [1.29, 1.82) is 0 Å². The fourth-order valence-corrected chi connectivity index (χ4v) is 13.4. The molecule has 4 fully saturated rings. The number of hydrogen-bond donors (Lipinski definition) is 5. The molecule has 0 spiro atoms. The van der Waals surface area contributed by atoms with Crippen molar-refractivity contribution in [3.05, 3.63) is 119 Å². The van der Waals surface area contributed by atoms with E-state index in [2.05, 4.69) is 40.3 Å². The van der Waals surface area contributed by atoms with Crippen LogP contribution < -0.4 is 20.3 Å². The summed E-state index contributed by atoms with van der Waals surface area (Å²) in [6.07, 6.45) is 2.69. The molecule has 0 radical (unpaired) electrons. The van der Waals surface area contributed by atoms with Gasteiger partial charge in [-0.05, 0) is 97.6 Å². The lowest BCUT2D eigenvalue weighted by Crippen LogP contribution is -2.59. The van der Waals surface area contributed by atoms with Gasteiger partial charge < -0.3 is 30.5 Å². The molecule has 4 aliphatic heterocycles. The van der Waals surface area contributed by atoms with Crippen molar-refractivity contribution < 1.29 is 45.9 Å². The zero-order valence-electron chi connectivity index (χ0n) is 45.8. The van der Waals surface area contributed by atoms with Crippen LogP contribution in [0.2, 0.25) is 0 Å². The van der Waals surface area contributed by atoms with Crippen LogP contribution in [0.3, 0.4) is 0 Å². The summed E-state index contributed by atoms with van der Waals surface area (Å²) < 4.78 is 73.4. The van der Waals surface area contributed by atoms with E-state index >= 15 is 8.78 Å². The quantitative estimate of drug-likeness (QED) is 0.0618. The number of alkyl halides is 1. The van der Waals surface area contributed by atoms with Crippen LogP contribution in [-0.2, 0) is 31.1 Å². The van der Waals surface area contributed by atoms with Gasteiger partial charge in [-0.2, -0.15) is 12.7 Å². The number of pyridine rings is 1. The Hall–Kier alpha value is -6.76. The van der Waals surface area contributed by atoms with E-state index in [1.54, 1.807) is 23.6 Å². The van der Waals surface area contributed by atoms with Crippen molar-refractivity contribution in [1.82, 2.24) is 44.6 Å². The van der Waals surface area contributed by atoms with E-state index in [1.165, 1.54) is 11.1 Å². The number of nitrogens with one attached hydrogen (secondary N) is 4. The van der Waals surface area contributed by atoms with Crippen LogP contribution in [-0.4, -0.2) is 167 Å². The van der Waals surface area contributed by atoms with Crippen LogP contribution in [0, 0.1) is 29.9 Å². The molecular weight excluding hydrogens is 1080 g/mol. The average Bonchev–Trinajstić information content (AvgIpc) is 4.41. The number of aromatic amines is 1. The normalized spacial score (nSPS) is 20.2. The first kappa shape index (κ1) is 57.5. The van der Waals surface area contributed by atoms with Crippen LogP contribution in [0.15, 0.2) is 84.6 Å². The maximum atomic E-state index is 15.8. The van der Waals surface area contributed by atoms with Crippen molar-refractivity contribution in [3.63, 3.8) is 0 Å². The van der Waals surface area contributed by atoms with Crippen molar-refractivity contribution in [2.75, 3.05) is 81.6 Å². The van der Waals surface area contributed by atoms with Gasteiger partial charge in [0, 0.05) is 99.9 Å². The minimum Gasteiger partial charge on any atom is -0.391 e. The van der Waals surface area contributed by atoms with Gasteiger partial charge in [-0.3, -0.25) is 33.7 Å². The first-order chi connectivity index (χ1) is 38.7. The number of aryl methyl sites for hydroxylation is 1. The van der Waals surface area contributed by atoms with E-state index in [0.717, 1.165) is 108 Å². The molecule has 430 valence electrons. The number of carbonyl (C=O) groups excluding carboxylic acids is 4. The predicted octanol–water partition coefficient (Wildman–Crippen LogP) is 6.51. The van der Waals surface area contributed by atoms with Crippen LogP contribution >= 0.6 is 11.3 Å². The van der Waals surface area contributed by atoms with Crippen LogP contribution in [0.4, 0.5) is 24.5 Å². The molecule has 23 heteroatoms. The highest BCUT2D eigenvalue weighted by molar-refractivity contribution is 7.90. The summed E-state index contributed by atoms with van der Waals surface area (Å²) in [6, 6.07) is 17.5. The van der Waals surface area contributed by atoms with Crippen LogP contribution in [0.5, 0.6) is 0 Å². The smallest absolute Gasteiger partial charge is 0.301 e. The number of piperazine rings is 1. The number of benzene rings is 3. The Bertz CT molecular complexity index is 3400. The molecule has 0 aliphatic carbocycles. The summed E-state index contributed by atoms with van der Waals surface area (Å²) in [7, 11) is -4.37. The lowest BCUT2D eigenvalue weighted by atomic mass is 9.85. The first-order valence-electron chi connectivity index (χ1n) is 27.5. The highest BCUT2D eigenvalue weighted by Gasteiger charge is 2.45. The number of aromatic nitrogens is 3. The van der Waals surface area contributed by atoms with Gasteiger partial charge in [-0.1, -0.05) is 57.2 Å². The summed E-state index contributed by atoms with van der Waals surface area (Å²) >= 11 is 1.57. The molecule has 81 heavy (non-hydrogen) atoms. The first-order valence-corrected chi connectivity index (χ1v) is 29.8. The van der Waals surface area contributed by atoms with Crippen LogP contribution in [0.25, 0.3) is 32.6 Å². The third-order valence-corrected chi connectivity index (χ3v) is 18.5. The number of nitrogens with zero attached hydrogens (tertiary/aromatic N) is 7. The molecular formula is C58H68F3N11O7S2. The Balaban J connectivity index is 0.678.